The molecule has 0 aliphatic carbocycles. The molecule has 5 rings (SSSR count). The van der Waals surface area contributed by atoms with Crippen LogP contribution in [0.2, 0.25) is 5.02 Å². The Hall–Kier alpha value is -2.93. The summed E-state index contributed by atoms with van der Waals surface area (Å²) in [4.78, 5) is 18.0. The second-order valence-electron chi connectivity index (χ2n) is 9.28. The van der Waals surface area contributed by atoms with Gasteiger partial charge in [-0.3, -0.25) is 9.69 Å². The fourth-order valence-electron chi connectivity index (χ4n) is 5.06. The Bertz CT molecular complexity index is 1230. The van der Waals surface area contributed by atoms with Crippen molar-refractivity contribution in [3.8, 4) is 5.69 Å². The van der Waals surface area contributed by atoms with Crippen LogP contribution in [0.15, 0.2) is 48.5 Å². The van der Waals surface area contributed by atoms with Gasteiger partial charge in [-0.05, 0) is 55.7 Å². The molecule has 2 saturated heterocycles. The number of morpholine rings is 1. The van der Waals surface area contributed by atoms with Gasteiger partial charge in [0.25, 0.3) is 5.91 Å². The third-order valence-electron chi connectivity index (χ3n) is 6.97. The van der Waals surface area contributed by atoms with Crippen LogP contribution in [0.25, 0.3) is 17.8 Å². The summed E-state index contributed by atoms with van der Waals surface area (Å²) in [6.45, 7) is 8.93. The standard InChI is InChI=1S/C28H31ClN4O2/c1-20-27(28(34)32-13-12-26(19-32)31-14-16-35-17-15-31)21(2)33(30-20)25-5-3-4-23(18-25)7-6-22-8-10-24(29)11-9-22/h3-11,18,26H,12-17,19H2,1-2H3. The van der Waals surface area contributed by atoms with E-state index in [1.165, 1.54) is 0 Å². The number of nitrogens with zero attached hydrogens (tertiary/aromatic N) is 4. The summed E-state index contributed by atoms with van der Waals surface area (Å²) in [5.74, 6) is 0.0841. The van der Waals surface area contributed by atoms with Gasteiger partial charge in [-0.25, -0.2) is 4.68 Å². The monoisotopic (exact) mass is 490 g/mol. The topological polar surface area (TPSA) is 50.6 Å². The number of aromatic nitrogens is 2. The molecule has 7 heteroatoms. The maximum absolute atomic E-state index is 13.5. The summed E-state index contributed by atoms with van der Waals surface area (Å²) in [5, 5.41) is 5.48. The molecule has 35 heavy (non-hydrogen) atoms. The van der Waals surface area contributed by atoms with Crippen molar-refractivity contribution in [3.63, 3.8) is 0 Å². The Kier molecular flexibility index (Phi) is 7.04. The summed E-state index contributed by atoms with van der Waals surface area (Å²) >= 11 is 5.99. The first-order valence-electron chi connectivity index (χ1n) is 12.2. The number of aryl methyl sites for hydroxylation is 1. The van der Waals surface area contributed by atoms with Gasteiger partial charge in [-0.15, -0.1) is 0 Å². The van der Waals surface area contributed by atoms with Crippen LogP contribution >= 0.6 is 11.6 Å². The fourth-order valence-corrected chi connectivity index (χ4v) is 5.18. The van der Waals surface area contributed by atoms with Crippen LogP contribution in [-0.2, 0) is 4.74 Å². The largest absolute Gasteiger partial charge is 0.379 e. The number of carbonyl (C=O) groups excluding carboxylic acids is 1. The molecule has 1 unspecified atom stereocenters. The lowest BCUT2D eigenvalue weighted by Gasteiger charge is -2.32. The van der Waals surface area contributed by atoms with Crippen molar-refractivity contribution < 1.29 is 9.53 Å². The van der Waals surface area contributed by atoms with E-state index in [0.29, 0.717) is 6.04 Å². The van der Waals surface area contributed by atoms with E-state index >= 15 is 0 Å². The van der Waals surface area contributed by atoms with Crippen LogP contribution in [-0.4, -0.2) is 70.9 Å². The van der Waals surface area contributed by atoms with Gasteiger partial charge in [0.05, 0.1) is 35.9 Å². The smallest absolute Gasteiger partial charge is 0.257 e. The zero-order valence-corrected chi connectivity index (χ0v) is 21.0. The number of rotatable bonds is 5. The Morgan fingerprint density at radius 1 is 1.03 bits per heavy atom. The zero-order chi connectivity index (χ0) is 24.4. The minimum atomic E-state index is 0.0841. The summed E-state index contributed by atoms with van der Waals surface area (Å²) in [6.07, 6.45) is 5.14. The predicted octanol–water partition coefficient (Wildman–Crippen LogP) is 4.86. The molecule has 2 aromatic carbocycles. The summed E-state index contributed by atoms with van der Waals surface area (Å²) in [7, 11) is 0. The van der Waals surface area contributed by atoms with E-state index in [1.807, 2.05) is 59.8 Å². The number of halogens is 1. The van der Waals surface area contributed by atoms with Gasteiger partial charge in [0.1, 0.15) is 0 Å². The number of hydrogen-bond acceptors (Lipinski definition) is 4. The van der Waals surface area contributed by atoms with E-state index in [0.717, 1.165) is 84.6 Å². The lowest BCUT2D eigenvalue weighted by Crippen LogP contribution is -2.45. The second kappa shape index (κ2) is 10.4. The first-order valence-corrected chi connectivity index (χ1v) is 12.6. The third kappa shape index (κ3) is 5.20. The van der Waals surface area contributed by atoms with Crippen molar-refractivity contribution in [1.29, 1.82) is 0 Å². The van der Waals surface area contributed by atoms with Gasteiger partial charge in [0, 0.05) is 37.2 Å². The maximum Gasteiger partial charge on any atom is 0.257 e. The number of ether oxygens (including phenoxy) is 1. The highest BCUT2D eigenvalue weighted by atomic mass is 35.5. The number of likely N-dealkylation sites (tertiary alicyclic amines) is 1. The summed E-state index contributed by atoms with van der Waals surface area (Å²) in [6, 6.07) is 16.4. The van der Waals surface area contributed by atoms with Crippen molar-refractivity contribution in [2.24, 2.45) is 0 Å². The van der Waals surface area contributed by atoms with Crippen molar-refractivity contribution >= 4 is 29.7 Å². The number of hydrogen-bond donors (Lipinski definition) is 0. The highest BCUT2D eigenvalue weighted by Gasteiger charge is 2.33. The van der Waals surface area contributed by atoms with Crippen LogP contribution in [0, 0.1) is 13.8 Å². The highest BCUT2D eigenvalue weighted by molar-refractivity contribution is 6.30. The van der Waals surface area contributed by atoms with Gasteiger partial charge in [-0.2, -0.15) is 5.10 Å². The summed E-state index contributed by atoms with van der Waals surface area (Å²) < 4.78 is 7.37. The van der Waals surface area contributed by atoms with Crippen molar-refractivity contribution in [3.05, 3.63) is 81.6 Å². The van der Waals surface area contributed by atoms with Crippen molar-refractivity contribution in [2.45, 2.75) is 26.3 Å². The highest BCUT2D eigenvalue weighted by Crippen LogP contribution is 2.24. The van der Waals surface area contributed by atoms with Crippen LogP contribution in [0.5, 0.6) is 0 Å². The Balaban J connectivity index is 1.33. The minimum Gasteiger partial charge on any atom is -0.379 e. The molecule has 1 amide bonds. The van der Waals surface area contributed by atoms with E-state index in [4.69, 9.17) is 21.4 Å². The van der Waals surface area contributed by atoms with Crippen LogP contribution in [0.3, 0.4) is 0 Å². The molecule has 0 bridgehead atoms. The lowest BCUT2D eigenvalue weighted by atomic mass is 10.1. The lowest BCUT2D eigenvalue weighted by molar-refractivity contribution is 0.0185. The van der Waals surface area contributed by atoms with Crippen molar-refractivity contribution in [1.82, 2.24) is 19.6 Å². The van der Waals surface area contributed by atoms with Gasteiger partial charge in [-0.1, -0.05) is 48.0 Å². The molecule has 0 radical (unpaired) electrons. The minimum absolute atomic E-state index is 0.0841. The molecule has 0 N–H and O–H groups in total. The Morgan fingerprint density at radius 2 is 1.77 bits per heavy atom. The van der Waals surface area contributed by atoms with E-state index in [1.54, 1.807) is 0 Å². The molecule has 0 saturated carbocycles. The molecule has 2 aliphatic rings. The molecule has 182 valence electrons. The van der Waals surface area contributed by atoms with E-state index in [-0.39, 0.29) is 5.91 Å². The van der Waals surface area contributed by atoms with Gasteiger partial charge in [0.15, 0.2) is 0 Å². The summed E-state index contributed by atoms with van der Waals surface area (Å²) in [5.41, 5.74) is 5.45. The molecule has 3 aromatic rings. The van der Waals surface area contributed by atoms with E-state index < -0.39 is 0 Å². The molecule has 0 spiro atoms. The molecular weight excluding hydrogens is 460 g/mol. The molecule has 2 aliphatic heterocycles. The van der Waals surface area contributed by atoms with Gasteiger partial charge in [0.2, 0.25) is 0 Å². The SMILES string of the molecule is Cc1nn(-c2cccc(C=Cc3ccc(Cl)cc3)c2)c(C)c1C(=O)N1CCC(N2CCOCC2)C1. The normalized spacial score (nSPS) is 19.1. The maximum atomic E-state index is 13.5. The second-order valence-corrected chi connectivity index (χ2v) is 9.72. The van der Waals surface area contributed by atoms with Crippen molar-refractivity contribution in [2.75, 3.05) is 39.4 Å². The number of benzene rings is 2. The molecule has 3 heterocycles. The molecule has 1 atom stereocenters. The molecular formula is C28H31ClN4O2. The first kappa shape index (κ1) is 23.8. The molecule has 2 fully saturated rings. The average Bonchev–Trinajstić information content (AvgIpc) is 3.49. The van der Waals surface area contributed by atoms with Crippen LogP contribution in [0.1, 0.15) is 39.3 Å². The Labute approximate surface area is 211 Å². The van der Waals surface area contributed by atoms with Crippen LogP contribution in [0.4, 0.5) is 0 Å². The first-order chi connectivity index (χ1) is 17.0. The van der Waals surface area contributed by atoms with Gasteiger partial charge < -0.3 is 9.64 Å². The van der Waals surface area contributed by atoms with E-state index in [9.17, 15) is 4.79 Å². The van der Waals surface area contributed by atoms with E-state index in [2.05, 4.69) is 29.2 Å². The fraction of sp³-hybridized carbons (Fsp3) is 0.357. The quantitative estimate of drug-likeness (QED) is 0.479. The molecule has 1 aromatic heterocycles. The predicted molar refractivity (Wildman–Crippen MR) is 140 cm³/mol. The zero-order valence-electron chi connectivity index (χ0n) is 20.3. The van der Waals surface area contributed by atoms with Crippen LogP contribution < -0.4 is 0 Å². The number of amides is 1. The molecule has 6 nitrogen and oxygen atoms in total. The van der Waals surface area contributed by atoms with Gasteiger partial charge >= 0.3 is 0 Å². The average molecular weight is 491 g/mol. The number of carbonyl (C=O) groups is 1. The Morgan fingerprint density at radius 3 is 2.54 bits per heavy atom. The third-order valence-corrected chi connectivity index (χ3v) is 7.22.